The molecule has 0 radical (unpaired) electrons. The van der Waals surface area contributed by atoms with E-state index in [2.05, 4.69) is 16.0 Å². The summed E-state index contributed by atoms with van der Waals surface area (Å²) in [4.78, 5) is 51.3. The summed E-state index contributed by atoms with van der Waals surface area (Å²) in [6.07, 6.45) is 3.50. The Balaban J connectivity index is 1.44. The summed E-state index contributed by atoms with van der Waals surface area (Å²) in [5.74, 6) is -0.781. The summed E-state index contributed by atoms with van der Waals surface area (Å²) in [6, 6.07) is 25.8. The van der Waals surface area contributed by atoms with Gasteiger partial charge in [0.05, 0.1) is 11.5 Å². The molecule has 4 aromatic rings. The van der Waals surface area contributed by atoms with Gasteiger partial charge in [0, 0.05) is 33.5 Å². The molecule has 0 aliphatic rings. The lowest BCUT2D eigenvalue weighted by Gasteiger charge is -2.16. The average molecular weight is 568 g/mol. The summed E-state index contributed by atoms with van der Waals surface area (Å²) in [5.41, 5.74) is 2.09. The van der Waals surface area contributed by atoms with Crippen LogP contribution in [0.4, 0.5) is 11.4 Å². The molecule has 1 atom stereocenters. The van der Waals surface area contributed by atoms with Crippen molar-refractivity contribution >= 4 is 52.7 Å². The zero-order chi connectivity index (χ0) is 29.2. The van der Waals surface area contributed by atoms with Crippen LogP contribution in [0.15, 0.2) is 112 Å². The summed E-state index contributed by atoms with van der Waals surface area (Å²) < 4.78 is 5.34. The van der Waals surface area contributed by atoms with E-state index < -0.39 is 17.1 Å². The Bertz CT molecular complexity index is 1550. The number of anilines is 2. The minimum atomic E-state index is -0.536. The molecule has 8 nitrogen and oxygen atoms in total. The zero-order valence-corrected chi connectivity index (χ0v) is 23.4. The normalized spacial score (nSPS) is 11.8. The number of amides is 3. The molecule has 0 fully saturated rings. The first kappa shape index (κ1) is 29.1. The Morgan fingerprint density at radius 3 is 2.24 bits per heavy atom. The minimum absolute atomic E-state index is 0.00784. The van der Waals surface area contributed by atoms with E-state index in [0.29, 0.717) is 34.7 Å². The number of benzene rings is 3. The first-order chi connectivity index (χ1) is 19.8. The lowest BCUT2D eigenvalue weighted by atomic mass is 10.1. The largest absolute Gasteiger partial charge is 0.465 e. The molecule has 208 valence electrons. The van der Waals surface area contributed by atoms with Crippen LogP contribution in [0.25, 0.3) is 6.08 Å². The third-order valence-corrected chi connectivity index (χ3v) is 7.31. The van der Waals surface area contributed by atoms with Crippen LogP contribution in [0.5, 0.6) is 0 Å². The van der Waals surface area contributed by atoms with Gasteiger partial charge in [0.2, 0.25) is 5.91 Å². The SMILES string of the molecule is CCC(Sc1cccc(NC(=O)/C(=C/c2ccco2)NC(=O)c2ccccc2)c1)C(=O)Nc1ccc(C(C)=O)cc1. The molecule has 41 heavy (non-hydrogen) atoms. The van der Waals surface area contributed by atoms with Crippen molar-refractivity contribution in [3.8, 4) is 0 Å². The Morgan fingerprint density at radius 2 is 1.59 bits per heavy atom. The van der Waals surface area contributed by atoms with E-state index in [0.717, 1.165) is 4.90 Å². The van der Waals surface area contributed by atoms with Crippen molar-refractivity contribution in [3.05, 3.63) is 120 Å². The summed E-state index contributed by atoms with van der Waals surface area (Å²) >= 11 is 1.37. The summed E-state index contributed by atoms with van der Waals surface area (Å²) in [6.45, 7) is 3.41. The number of nitrogens with one attached hydrogen (secondary N) is 3. The highest BCUT2D eigenvalue weighted by Crippen LogP contribution is 2.29. The van der Waals surface area contributed by atoms with E-state index in [4.69, 9.17) is 4.42 Å². The summed E-state index contributed by atoms with van der Waals surface area (Å²) in [7, 11) is 0. The van der Waals surface area contributed by atoms with Gasteiger partial charge in [-0.1, -0.05) is 31.2 Å². The van der Waals surface area contributed by atoms with Crippen LogP contribution >= 0.6 is 11.8 Å². The molecule has 0 saturated heterocycles. The Hall–Kier alpha value is -4.89. The number of carbonyl (C=O) groups excluding carboxylic acids is 4. The maximum absolute atomic E-state index is 13.2. The number of carbonyl (C=O) groups is 4. The number of hydrogen-bond donors (Lipinski definition) is 3. The molecular formula is C32H29N3O5S. The standard InChI is InChI=1S/C32H29N3O5S/c1-3-29(32(39)33-24-16-14-22(15-17-24)21(2)36)41-27-13-7-11-25(19-27)34-31(38)28(20-26-12-8-18-40-26)35-30(37)23-9-5-4-6-10-23/h4-20,29H,3H2,1-2H3,(H,33,39)(H,34,38)(H,35,37)/b28-20-. The number of thioether (sulfide) groups is 1. The fourth-order valence-corrected chi connectivity index (χ4v) is 4.81. The monoisotopic (exact) mass is 567 g/mol. The highest BCUT2D eigenvalue weighted by atomic mass is 32.2. The molecule has 3 N–H and O–H groups in total. The van der Waals surface area contributed by atoms with E-state index in [1.807, 2.05) is 13.0 Å². The van der Waals surface area contributed by atoms with Crippen LogP contribution < -0.4 is 16.0 Å². The van der Waals surface area contributed by atoms with Gasteiger partial charge >= 0.3 is 0 Å². The third-order valence-electron chi connectivity index (χ3n) is 5.95. The second kappa shape index (κ2) is 14.0. The number of furan rings is 1. The van der Waals surface area contributed by atoms with Gasteiger partial charge in [0.15, 0.2) is 5.78 Å². The van der Waals surface area contributed by atoms with Gasteiger partial charge in [-0.2, -0.15) is 0 Å². The number of rotatable bonds is 11. The molecule has 0 aliphatic heterocycles. The van der Waals surface area contributed by atoms with Gasteiger partial charge in [-0.05, 0) is 80.1 Å². The van der Waals surface area contributed by atoms with E-state index in [1.54, 1.807) is 84.9 Å². The minimum Gasteiger partial charge on any atom is -0.465 e. The van der Waals surface area contributed by atoms with Gasteiger partial charge in [0.1, 0.15) is 11.5 Å². The zero-order valence-electron chi connectivity index (χ0n) is 22.5. The predicted octanol–water partition coefficient (Wildman–Crippen LogP) is 6.40. The molecule has 1 aromatic heterocycles. The second-order valence-electron chi connectivity index (χ2n) is 9.01. The highest BCUT2D eigenvalue weighted by Gasteiger charge is 2.20. The van der Waals surface area contributed by atoms with Crippen molar-refractivity contribution in [2.75, 3.05) is 10.6 Å². The molecular weight excluding hydrogens is 538 g/mol. The fourth-order valence-electron chi connectivity index (χ4n) is 3.80. The molecule has 0 saturated carbocycles. The molecule has 1 heterocycles. The van der Waals surface area contributed by atoms with Crippen molar-refractivity contribution in [3.63, 3.8) is 0 Å². The Labute approximate surface area is 242 Å². The molecule has 9 heteroatoms. The number of hydrogen-bond acceptors (Lipinski definition) is 6. The Morgan fingerprint density at radius 1 is 0.829 bits per heavy atom. The maximum atomic E-state index is 13.2. The van der Waals surface area contributed by atoms with E-state index in [9.17, 15) is 19.2 Å². The lowest BCUT2D eigenvalue weighted by Crippen LogP contribution is -2.30. The van der Waals surface area contributed by atoms with Crippen LogP contribution in [0.2, 0.25) is 0 Å². The lowest BCUT2D eigenvalue weighted by molar-refractivity contribution is -0.116. The van der Waals surface area contributed by atoms with E-state index in [1.165, 1.54) is 31.0 Å². The van der Waals surface area contributed by atoms with Gasteiger partial charge in [0.25, 0.3) is 11.8 Å². The molecule has 0 aliphatic carbocycles. The van der Waals surface area contributed by atoms with Crippen molar-refractivity contribution in [1.29, 1.82) is 0 Å². The third kappa shape index (κ3) is 8.30. The summed E-state index contributed by atoms with van der Waals surface area (Å²) in [5, 5.41) is 7.99. The number of Topliss-reactive ketones (excluding diaryl/α,β-unsaturated/α-hetero) is 1. The van der Waals surface area contributed by atoms with E-state index in [-0.39, 0.29) is 17.4 Å². The van der Waals surface area contributed by atoms with Crippen molar-refractivity contribution in [1.82, 2.24) is 5.32 Å². The quantitative estimate of drug-likeness (QED) is 0.110. The molecule has 3 amide bonds. The van der Waals surface area contributed by atoms with Crippen molar-refractivity contribution in [2.45, 2.75) is 30.4 Å². The fraction of sp³-hybridized carbons (Fsp3) is 0.125. The molecule has 1 unspecified atom stereocenters. The smallest absolute Gasteiger partial charge is 0.272 e. The average Bonchev–Trinajstić information content (AvgIpc) is 3.49. The van der Waals surface area contributed by atoms with Gasteiger partial charge in [-0.25, -0.2) is 0 Å². The highest BCUT2D eigenvalue weighted by molar-refractivity contribution is 8.00. The van der Waals surface area contributed by atoms with Crippen LogP contribution in [-0.2, 0) is 9.59 Å². The van der Waals surface area contributed by atoms with Gasteiger partial charge < -0.3 is 20.4 Å². The van der Waals surface area contributed by atoms with Crippen LogP contribution in [0, 0.1) is 0 Å². The first-order valence-corrected chi connectivity index (χ1v) is 13.8. The predicted molar refractivity (Wildman–Crippen MR) is 161 cm³/mol. The molecule has 0 spiro atoms. The first-order valence-electron chi connectivity index (χ1n) is 12.9. The van der Waals surface area contributed by atoms with Crippen LogP contribution in [0.3, 0.4) is 0 Å². The Kier molecular flexibility index (Phi) is 9.90. The van der Waals surface area contributed by atoms with Crippen molar-refractivity contribution in [2.24, 2.45) is 0 Å². The molecule has 3 aromatic carbocycles. The maximum Gasteiger partial charge on any atom is 0.272 e. The topological polar surface area (TPSA) is 118 Å². The van der Waals surface area contributed by atoms with Crippen LogP contribution in [-0.4, -0.2) is 28.8 Å². The second-order valence-corrected chi connectivity index (χ2v) is 10.3. The molecule has 0 bridgehead atoms. The number of ketones is 1. The van der Waals surface area contributed by atoms with Gasteiger partial charge in [-0.15, -0.1) is 11.8 Å². The van der Waals surface area contributed by atoms with Gasteiger partial charge in [-0.3, -0.25) is 19.2 Å². The van der Waals surface area contributed by atoms with Crippen molar-refractivity contribution < 1.29 is 23.6 Å². The van der Waals surface area contributed by atoms with Crippen LogP contribution in [0.1, 0.15) is 46.7 Å². The molecule has 4 rings (SSSR count). The van der Waals surface area contributed by atoms with E-state index >= 15 is 0 Å².